The van der Waals surface area contributed by atoms with E-state index in [1.54, 1.807) is 18.2 Å². The van der Waals surface area contributed by atoms with E-state index in [4.69, 9.17) is 34.8 Å². The van der Waals surface area contributed by atoms with Gasteiger partial charge in [-0.05, 0) is 42.3 Å². The zero-order valence-corrected chi connectivity index (χ0v) is 13.1. The van der Waals surface area contributed by atoms with Crippen molar-refractivity contribution < 1.29 is 9.18 Å². The third kappa shape index (κ3) is 4.60. The lowest BCUT2D eigenvalue weighted by atomic mass is 10.1. The van der Waals surface area contributed by atoms with E-state index in [0.29, 0.717) is 22.2 Å². The predicted molar refractivity (Wildman–Crippen MR) is 84.8 cm³/mol. The summed E-state index contributed by atoms with van der Waals surface area (Å²) in [6.45, 7) is 0. The maximum absolute atomic E-state index is 13.0. The quantitative estimate of drug-likeness (QED) is 0.793. The molecule has 0 aliphatic rings. The third-order valence-electron chi connectivity index (χ3n) is 2.84. The SMILES string of the molecule is O=C(CCc1ccc(Cl)cc1Cl)Nc1ccc(F)c(Cl)c1. The van der Waals surface area contributed by atoms with Crippen LogP contribution in [-0.4, -0.2) is 5.91 Å². The van der Waals surface area contributed by atoms with Gasteiger partial charge >= 0.3 is 0 Å². The standard InChI is InChI=1S/C15H11Cl3FNO/c16-10-3-1-9(12(17)7-10)2-6-15(21)20-11-4-5-14(19)13(18)8-11/h1,3-5,7-8H,2,6H2,(H,20,21). The van der Waals surface area contributed by atoms with Crippen LogP contribution in [0, 0.1) is 5.82 Å². The number of amides is 1. The van der Waals surface area contributed by atoms with Gasteiger partial charge in [0.2, 0.25) is 5.91 Å². The molecule has 0 saturated carbocycles. The Morgan fingerprint density at radius 2 is 1.81 bits per heavy atom. The van der Waals surface area contributed by atoms with Crippen LogP contribution < -0.4 is 5.32 Å². The maximum atomic E-state index is 13.0. The monoisotopic (exact) mass is 345 g/mol. The van der Waals surface area contributed by atoms with Crippen molar-refractivity contribution in [2.45, 2.75) is 12.8 Å². The number of aryl methyl sites for hydroxylation is 1. The molecule has 0 heterocycles. The molecule has 2 aromatic rings. The zero-order valence-electron chi connectivity index (χ0n) is 10.8. The van der Waals surface area contributed by atoms with Crippen molar-refractivity contribution >= 4 is 46.4 Å². The lowest BCUT2D eigenvalue weighted by molar-refractivity contribution is -0.116. The Kier molecular flexibility index (Phi) is 5.45. The number of hydrogen-bond acceptors (Lipinski definition) is 1. The number of halogens is 4. The summed E-state index contributed by atoms with van der Waals surface area (Å²) in [5.41, 5.74) is 1.29. The molecule has 0 fully saturated rings. The molecule has 2 aromatic carbocycles. The summed E-state index contributed by atoms with van der Waals surface area (Å²) in [6, 6.07) is 9.16. The topological polar surface area (TPSA) is 29.1 Å². The average molecular weight is 347 g/mol. The molecular formula is C15H11Cl3FNO. The highest BCUT2D eigenvalue weighted by Crippen LogP contribution is 2.23. The van der Waals surface area contributed by atoms with Gasteiger partial charge in [-0.1, -0.05) is 40.9 Å². The minimum atomic E-state index is -0.525. The zero-order chi connectivity index (χ0) is 15.4. The molecule has 1 N–H and O–H groups in total. The maximum Gasteiger partial charge on any atom is 0.224 e. The molecule has 0 saturated heterocycles. The van der Waals surface area contributed by atoms with Crippen LogP contribution in [-0.2, 0) is 11.2 Å². The van der Waals surface area contributed by atoms with Gasteiger partial charge in [-0.3, -0.25) is 4.79 Å². The molecular weight excluding hydrogens is 336 g/mol. The first kappa shape index (κ1) is 16.1. The van der Waals surface area contributed by atoms with E-state index >= 15 is 0 Å². The number of anilines is 1. The normalized spacial score (nSPS) is 10.5. The van der Waals surface area contributed by atoms with Gasteiger partial charge in [-0.25, -0.2) is 4.39 Å². The lowest BCUT2D eigenvalue weighted by Crippen LogP contribution is -2.12. The number of benzene rings is 2. The molecule has 0 aliphatic heterocycles. The van der Waals surface area contributed by atoms with Crippen LogP contribution in [0.5, 0.6) is 0 Å². The second kappa shape index (κ2) is 7.12. The molecule has 0 aliphatic carbocycles. The molecule has 2 rings (SSSR count). The summed E-state index contributed by atoms with van der Waals surface area (Å²) in [5.74, 6) is -0.730. The highest BCUT2D eigenvalue weighted by Gasteiger charge is 2.08. The van der Waals surface area contributed by atoms with Gasteiger partial charge in [0.25, 0.3) is 0 Å². The first-order valence-electron chi connectivity index (χ1n) is 6.14. The lowest BCUT2D eigenvalue weighted by Gasteiger charge is -2.07. The minimum absolute atomic E-state index is 0.0338. The van der Waals surface area contributed by atoms with Crippen molar-refractivity contribution in [3.63, 3.8) is 0 Å². The van der Waals surface area contributed by atoms with Crippen LogP contribution in [0.25, 0.3) is 0 Å². The molecule has 0 radical (unpaired) electrons. The third-order valence-corrected chi connectivity index (χ3v) is 3.72. The smallest absolute Gasteiger partial charge is 0.224 e. The average Bonchev–Trinajstić information content (AvgIpc) is 2.42. The van der Waals surface area contributed by atoms with Gasteiger partial charge < -0.3 is 5.32 Å². The highest BCUT2D eigenvalue weighted by molar-refractivity contribution is 6.35. The molecule has 6 heteroatoms. The Morgan fingerprint density at radius 1 is 1.05 bits per heavy atom. The summed E-state index contributed by atoms with van der Waals surface area (Å²) >= 11 is 17.5. The Morgan fingerprint density at radius 3 is 2.48 bits per heavy atom. The first-order valence-corrected chi connectivity index (χ1v) is 7.28. The molecule has 21 heavy (non-hydrogen) atoms. The number of carbonyl (C=O) groups excluding carboxylic acids is 1. The fourth-order valence-corrected chi connectivity index (χ4v) is 2.45. The van der Waals surface area contributed by atoms with E-state index in [0.717, 1.165) is 5.56 Å². The van der Waals surface area contributed by atoms with Crippen LogP contribution in [0.3, 0.4) is 0 Å². The van der Waals surface area contributed by atoms with E-state index < -0.39 is 5.82 Å². The van der Waals surface area contributed by atoms with Crippen molar-refractivity contribution in [2.75, 3.05) is 5.32 Å². The molecule has 110 valence electrons. The second-order valence-corrected chi connectivity index (χ2v) is 5.66. The highest BCUT2D eigenvalue weighted by atomic mass is 35.5. The Bertz CT molecular complexity index is 676. The van der Waals surface area contributed by atoms with Crippen molar-refractivity contribution in [3.05, 3.63) is 62.8 Å². The first-order chi connectivity index (χ1) is 9.95. The Hall–Kier alpha value is -1.29. The van der Waals surface area contributed by atoms with E-state index in [2.05, 4.69) is 5.32 Å². The van der Waals surface area contributed by atoms with Gasteiger partial charge in [-0.15, -0.1) is 0 Å². The van der Waals surface area contributed by atoms with Gasteiger partial charge in [0.1, 0.15) is 5.82 Å². The van der Waals surface area contributed by atoms with Gasteiger partial charge in [-0.2, -0.15) is 0 Å². The number of carbonyl (C=O) groups is 1. The summed E-state index contributed by atoms with van der Waals surface area (Å²) < 4.78 is 13.0. The summed E-state index contributed by atoms with van der Waals surface area (Å²) in [7, 11) is 0. The summed E-state index contributed by atoms with van der Waals surface area (Å²) in [5, 5.41) is 3.70. The van der Waals surface area contributed by atoms with Crippen molar-refractivity contribution in [2.24, 2.45) is 0 Å². The molecule has 0 unspecified atom stereocenters. The van der Waals surface area contributed by atoms with Crippen molar-refractivity contribution in [1.29, 1.82) is 0 Å². The molecule has 0 bridgehead atoms. The fraction of sp³-hybridized carbons (Fsp3) is 0.133. The van der Waals surface area contributed by atoms with E-state index in [9.17, 15) is 9.18 Å². The van der Waals surface area contributed by atoms with Gasteiger partial charge in [0.05, 0.1) is 5.02 Å². The summed E-state index contributed by atoms with van der Waals surface area (Å²) in [4.78, 5) is 11.8. The second-order valence-electron chi connectivity index (χ2n) is 4.41. The van der Waals surface area contributed by atoms with Crippen LogP contribution in [0.1, 0.15) is 12.0 Å². The minimum Gasteiger partial charge on any atom is -0.326 e. The summed E-state index contributed by atoms with van der Waals surface area (Å²) in [6.07, 6.45) is 0.729. The van der Waals surface area contributed by atoms with Crippen LogP contribution in [0.4, 0.5) is 10.1 Å². The molecule has 0 spiro atoms. The van der Waals surface area contributed by atoms with E-state index in [-0.39, 0.29) is 17.4 Å². The van der Waals surface area contributed by atoms with Crippen LogP contribution >= 0.6 is 34.8 Å². The largest absolute Gasteiger partial charge is 0.326 e. The Balaban J connectivity index is 1.94. The van der Waals surface area contributed by atoms with Crippen molar-refractivity contribution in [3.8, 4) is 0 Å². The predicted octanol–water partition coefficient (Wildman–Crippen LogP) is 5.36. The van der Waals surface area contributed by atoms with Gasteiger partial charge in [0.15, 0.2) is 0 Å². The number of hydrogen-bond donors (Lipinski definition) is 1. The van der Waals surface area contributed by atoms with Crippen LogP contribution in [0.2, 0.25) is 15.1 Å². The fourth-order valence-electron chi connectivity index (χ4n) is 1.77. The van der Waals surface area contributed by atoms with E-state index in [1.807, 2.05) is 0 Å². The molecule has 2 nitrogen and oxygen atoms in total. The number of nitrogens with one attached hydrogen (secondary N) is 1. The van der Waals surface area contributed by atoms with E-state index in [1.165, 1.54) is 18.2 Å². The van der Waals surface area contributed by atoms with Crippen molar-refractivity contribution in [1.82, 2.24) is 0 Å². The number of rotatable bonds is 4. The Labute approximate surface area is 136 Å². The van der Waals surface area contributed by atoms with Gasteiger partial charge in [0, 0.05) is 22.2 Å². The van der Waals surface area contributed by atoms with Crippen LogP contribution in [0.15, 0.2) is 36.4 Å². The molecule has 1 amide bonds. The molecule has 0 aromatic heterocycles. The molecule has 0 atom stereocenters.